The van der Waals surface area contributed by atoms with Crippen LogP contribution in [-0.4, -0.2) is 27.7 Å². The zero-order valence-corrected chi connectivity index (χ0v) is 14.6. The van der Waals surface area contributed by atoms with Crippen LogP contribution in [0.25, 0.3) is 0 Å². The molecule has 1 saturated heterocycles. The first-order chi connectivity index (χ1) is 12.2. The number of fused-ring (bicyclic) bond motifs is 1. The van der Waals surface area contributed by atoms with Gasteiger partial charge in [-0.2, -0.15) is 0 Å². The first kappa shape index (κ1) is 16.6. The van der Waals surface area contributed by atoms with E-state index < -0.39 is 5.60 Å². The number of phenolic OH excluding ortho intramolecular Hbond substituents is 1. The van der Waals surface area contributed by atoms with Crippen molar-refractivity contribution < 1.29 is 10.2 Å². The van der Waals surface area contributed by atoms with Crippen LogP contribution in [0.2, 0.25) is 0 Å². The maximum atomic E-state index is 11.6. The minimum atomic E-state index is -0.707. The lowest BCUT2D eigenvalue weighted by Crippen LogP contribution is -2.57. The SMILES string of the molecule is Oc1cccc(CN2CC[C@](O)(c3ccccc3)[C@@H]3CCCC[C@H]32)c1. The summed E-state index contributed by atoms with van der Waals surface area (Å²) in [7, 11) is 0. The van der Waals surface area contributed by atoms with Gasteiger partial charge in [-0.3, -0.25) is 4.90 Å². The summed E-state index contributed by atoms with van der Waals surface area (Å²) in [5.74, 6) is 0.616. The lowest BCUT2D eigenvalue weighted by atomic mass is 9.66. The molecule has 3 nitrogen and oxygen atoms in total. The van der Waals surface area contributed by atoms with E-state index in [1.54, 1.807) is 6.07 Å². The highest BCUT2D eigenvalue weighted by atomic mass is 16.3. The fourth-order valence-electron chi connectivity index (χ4n) is 4.94. The summed E-state index contributed by atoms with van der Waals surface area (Å²) in [6.07, 6.45) is 5.46. The van der Waals surface area contributed by atoms with Crippen LogP contribution in [0.15, 0.2) is 54.6 Å². The minimum Gasteiger partial charge on any atom is -0.508 e. The number of phenols is 1. The molecule has 2 aliphatic rings. The molecule has 2 N–H and O–H groups in total. The van der Waals surface area contributed by atoms with E-state index >= 15 is 0 Å². The minimum absolute atomic E-state index is 0.287. The summed E-state index contributed by atoms with van der Waals surface area (Å²) in [6.45, 7) is 1.74. The molecule has 0 unspecified atom stereocenters. The van der Waals surface area contributed by atoms with Gasteiger partial charge in [0.05, 0.1) is 5.60 Å². The number of aromatic hydroxyl groups is 1. The molecule has 2 aromatic carbocycles. The molecule has 1 aliphatic carbocycles. The number of piperidine rings is 1. The van der Waals surface area contributed by atoms with Gasteiger partial charge in [-0.05, 0) is 42.5 Å². The number of hydrogen-bond donors (Lipinski definition) is 2. The van der Waals surface area contributed by atoms with E-state index in [1.807, 2.05) is 30.3 Å². The van der Waals surface area contributed by atoms with Gasteiger partial charge in [0.1, 0.15) is 5.75 Å². The average Bonchev–Trinajstić information content (AvgIpc) is 2.65. The van der Waals surface area contributed by atoms with E-state index in [2.05, 4.69) is 23.1 Å². The largest absolute Gasteiger partial charge is 0.508 e. The van der Waals surface area contributed by atoms with Gasteiger partial charge in [-0.15, -0.1) is 0 Å². The van der Waals surface area contributed by atoms with E-state index in [-0.39, 0.29) is 5.92 Å². The van der Waals surface area contributed by atoms with Gasteiger partial charge in [0.15, 0.2) is 0 Å². The Labute approximate surface area is 149 Å². The second-order valence-corrected chi connectivity index (χ2v) is 7.64. The Bertz CT molecular complexity index is 717. The summed E-state index contributed by atoms with van der Waals surface area (Å²) < 4.78 is 0. The van der Waals surface area contributed by atoms with Crippen LogP contribution >= 0.6 is 0 Å². The normalized spacial score (nSPS) is 30.0. The second-order valence-electron chi connectivity index (χ2n) is 7.64. The van der Waals surface area contributed by atoms with Crippen molar-refractivity contribution in [2.24, 2.45) is 5.92 Å². The Morgan fingerprint density at radius 3 is 2.60 bits per heavy atom. The number of likely N-dealkylation sites (tertiary alicyclic amines) is 1. The van der Waals surface area contributed by atoms with Crippen LogP contribution < -0.4 is 0 Å². The molecule has 2 fully saturated rings. The quantitative estimate of drug-likeness (QED) is 0.888. The Hall–Kier alpha value is -1.84. The van der Waals surface area contributed by atoms with Gasteiger partial charge in [0, 0.05) is 25.0 Å². The maximum absolute atomic E-state index is 11.6. The standard InChI is InChI=1S/C22H27NO2/c24-19-10-6-7-17(15-19)16-23-14-13-22(25,18-8-2-1-3-9-18)20-11-4-5-12-21(20)23/h1-3,6-10,15,20-21,24-25H,4-5,11-14,16H2/t20-,21-,22+/m1/s1. The summed E-state index contributed by atoms with van der Waals surface area (Å²) in [5.41, 5.74) is 1.51. The molecule has 0 spiro atoms. The highest BCUT2D eigenvalue weighted by Crippen LogP contribution is 2.47. The third-order valence-electron chi connectivity index (χ3n) is 6.16. The molecule has 1 saturated carbocycles. The molecule has 2 aromatic rings. The van der Waals surface area contributed by atoms with Gasteiger partial charge in [0.25, 0.3) is 0 Å². The Morgan fingerprint density at radius 2 is 1.80 bits per heavy atom. The van der Waals surface area contributed by atoms with Gasteiger partial charge in [-0.1, -0.05) is 55.3 Å². The molecule has 132 valence electrons. The number of aliphatic hydroxyl groups is 1. The molecule has 1 aliphatic heterocycles. The lowest BCUT2D eigenvalue weighted by Gasteiger charge is -2.52. The fraction of sp³-hybridized carbons (Fsp3) is 0.455. The van der Waals surface area contributed by atoms with E-state index in [1.165, 1.54) is 12.8 Å². The fourth-order valence-corrected chi connectivity index (χ4v) is 4.94. The van der Waals surface area contributed by atoms with Gasteiger partial charge in [0.2, 0.25) is 0 Å². The van der Waals surface area contributed by atoms with Crippen molar-refractivity contribution in [3.8, 4) is 5.75 Å². The molecular formula is C22H27NO2. The maximum Gasteiger partial charge on any atom is 0.115 e. The summed E-state index contributed by atoms with van der Waals surface area (Å²) >= 11 is 0. The molecule has 0 bridgehead atoms. The van der Waals surface area contributed by atoms with Gasteiger partial charge >= 0.3 is 0 Å². The molecular weight excluding hydrogens is 310 g/mol. The Balaban J connectivity index is 1.60. The van der Waals surface area contributed by atoms with Crippen molar-refractivity contribution in [2.75, 3.05) is 6.54 Å². The predicted molar refractivity (Wildman–Crippen MR) is 99.2 cm³/mol. The van der Waals surface area contributed by atoms with Crippen LogP contribution in [-0.2, 0) is 12.1 Å². The molecule has 1 heterocycles. The molecule has 0 radical (unpaired) electrons. The van der Waals surface area contributed by atoms with E-state index in [0.29, 0.717) is 11.8 Å². The van der Waals surface area contributed by atoms with Crippen molar-refractivity contribution in [1.82, 2.24) is 4.90 Å². The highest BCUT2D eigenvalue weighted by molar-refractivity contribution is 5.28. The highest BCUT2D eigenvalue weighted by Gasteiger charge is 2.48. The number of hydrogen-bond acceptors (Lipinski definition) is 3. The first-order valence-corrected chi connectivity index (χ1v) is 9.47. The van der Waals surface area contributed by atoms with Crippen molar-refractivity contribution in [3.05, 3.63) is 65.7 Å². The van der Waals surface area contributed by atoms with Crippen LogP contribution in [0, 0.1) is 5.92 Å². The van der Waals surface area contributed by atoms with E-state index in [0.717, 1.165) is 43.5 Å². The number of benzene rings is 2. The topological polar surface area (TPSA) is 43.7 Å². The zero-order chi connectivity index (χ0) is 17.3. The average molecular weight is 337 g/mol. The third-order valence-corrected chi connectivity index (χ3v) is 6.16. The molecule has 3 heteroatoms. The molecule has 25 heavy (non-hydrogen) atoms. The van der Waals surface area contributed by atoms with Crippen LogP contribution in [0.4, 0.5) is 0 Å². The van der Waals surface area contributed by atoms with Crippen LogP contribution in [0.5, 0.6) is 5.75 Å². The first-order valence-electron chi connectivity index (χ1n) is 9.47. The smallest absolute Gasteiger partial charge is 0.115 e. The van der Waals surface area contributed by atoms with Crippen molar-refractivity contribution >= 4 is 0 Å². The van der Waals surface area contributed by atoms with E-state index in [9.17, 15) is 10.2 Å². The summed E-state index contributed by atoms with van der Waals surface area (Å²) in [6, 6.07) is 18.2. The van der Waals surface area contributed by atoms with E-state index in [4.69, 9.17) is 0 Å². The third kappa shape index (κ3) is 3.19. The molecule has 3 atom stereocenters. The van der Waals surface area contributed by atoms with Crippen LogP contribution in [0.1, 0.15) is 43.2 Å². The van der Waals surface area contributed by atoms with Gasteiger partial charge in [-0.25, -0.2) is 0 Å². The lowest BCUT2D eigenvalue weighted by molar-refractivity contribution is -0.123. The monoisotopic (exact) mass is 337 g/mol. The van der Waals surface area contributed by atoms with Crippen LogP contribution in [0.3, 0.4) is 0 Å². The Kier molecular flexibility index (Phi) is 4.53. The number of nitrogens with zero attached hydrogens (tertiary/aromatic N) is 1. The zero-order valence-electron chi connectivity index (χ0n) is 14.6. The molecule has 4 rings (SSSR count). The van der Waals surface area contributed by atoms with Gasteiger partial charge < -0.3 is 10.2 Å². The summed E-state index contributed by atoms with van der Waals surface area (Å²) in [5, 5.41) is 21.3. The Morgan fingerprint density at radius 1 is 1.00 bits per heavy atom. The predicted octanol–water partition coefficient (Wildman–Crippen LogP) is 4.04. The second kappa shape index (κ2) is 6.81. The van der Waals surface area contributed by atoms with Crippen molar-refractivity contribution in [2.45, 2.75) is 50.3 Å². The van der Waals surface area contributed by atoms with Crippen molar-refractivity contribution in [1.29, 1.82) is 0 Å². The molecule has 0 amide bonds. The summed E-state index contributed by atoms with van der Waals surface area (Å²) in [4.78, 5) is 2.52. The number of rotatable bonds is 3. The van der Waals surface area contributed by atoms with Crippen molar-refractivity contribution in [3.63, 3.8) is 0 Å². The molecule has 0 aromatic heterocycles.